The molecule has 0 unspecified atom stereocenters. The molecule has 1 aliphatic rings. The van der Waals surface area contributed by atoms with Crippen LogP contribution in [0.1, 0.15) is 39.2 Å². The van der Waals surface area contributed by atoms with Crippen molar-refractivity contribution in [2.24, 2.45) is 5.92 Å². The van der Waals surface area contributed by atoms with Gasteiger partial charge in [0.1, 0.15) is 5.60 Å². The number of halogens is 2. The van der Waals surface area contributed by atoms with Gasteiger partial charge in [0.2, 0.25) is 5.95 Å². The number of carbonyl (C=O) groups is 1. The zero-order valence-electron chi connectivity index (χ0n) is 19.3. The third-order valence-corrected chi connectivity index (χ3v) is 6.44. The minimum absolute atomic E-state index is 0.237. The van der Waals surface area contributed by atoms with Crippen molar-refractivity contribution >= 4 is 46.3 Å². The maximum absolute atomic E-state index is 12.5. The first-order chi connectivity index (χ1) is 15.7. The average Bonchev–Trinajstić information content (AvgIpc) is 3.11. The van der Waals surface area contributed by atoms with E-state index in [9.17, 15) is 4.79 Å². The van der Waals surface area contributed by atoms with E-state index in [-0.39, 0.29) is 6.09 Å². The number of aromatic nitrogens is 2. The highest BCUT2D eigenvalue weighted by Crippen LogP contribution is 2.27. The summed E-state index contributed by atoms with van der Waals surface area (Å²) < 4.78 is 7.72. The van der Waals surface area contributed by atoms with Gasteiger partial charge in [0.25, 0.3) is 0 Å². The first kappa shape index (κ1) is 23.7. The zero-order chi connectivity index (χ0) is 23.6. The highest BCUT2D eigenvalue weighted by Gasteiger charge is 2.27. The number of ether oxygens (including phenoxy) is 1. The first-order valence-electron chi connectivity index (χ1n) is 11.3. The SMILES string of the molecule is CC(C)(C)OC(=O)N1CCC[C@H](CNc2nc3ccccc3n2Cc2ccc(Cl)c(Cl)c2)C1. The standard InChI is InChI=1S/C25H30Cl2N4O2/c1-25(2,3)33-24(32)30-12-6-7-18(15-30)14-28-23-29-21-8-4-5-9-22(21)31(23)16-17-10-11-19(26)20(27)13-17/h4-5,8-11,13,18H,6-7,12,14-16H2,1-3H3,(H,28,29)/t18-/m1/s1. The number of anilines is 1. The molecule has 0 aliphatic carbocycles. The van der Waals surface area contributed by atoms with Crippen LogP contribution in [0.3, 0.4) is 0 Å². The topological polar surface area (TPSA) is 59.4 Å². The van der Waals surface area contributed by atoms with E-state index >= 15 is 0 Å². The summed E-state index contributed by atoms with van der Waals surface area (Å²) in [6.07, 6.45) is 1.78. The molecule has 4 rings (SSSR count). The Morgan fingerprint density at radius 1 is 1.18 bits per heavy atom. The summed E-state index contributed by atoms with van der Waals surface area (Å²) in [5, 5.41) is 4.62. The van der Waals surface area contributed by atoms with Crippen LogP contribution in [0.5, 0.6) is 0 Å². The zero-order valence-corrected chi connectivity index (χ0v) is 20.8. The van der Waals surface area contributed by atoms with Gasteiger partial charge < -0.3 is 19.5 Å². The van der Waals surface area contributed by atoms with Gasteiger partial charge in [-0.25, -0.2) is 9.78 Å². The van der Waals surface area contributed by atoms with Gasteiger partial charge >= 0.3 is 6.09 Å². The van der Waals surface area contributed by atoms with Gasteiger partial charge in [-0.15, -0.1) is 0 Å². The molecule has 3 aromatic rings. The molecule has 0 saturated carbocycles. The van der Waals surface area contributed by atoms with Crippen LogP contribution in [-0.4, -0.2) is 45.8 Å². The fourth-order valence-corrected chi connectivity index (χ4v) is 4.47. The molecule has 6 nitrogen and oxygen atoms in total. The van der Waals surface area contributed by atoms with Gasteiger partial charge in [0, 0.05) is 19.6 Å². The second kappa shape index (κ2) is 9.82. The van der Waals surface area contributed by atoms with Gasteiger partial charge in [0.15, 0.2) is 0 Å². The number of benzene rings is 2. The number of amides is 1. The van der Waals surface area contributed by atoms with Crippen LogP contribution in [0.15, 0.2) is 42.5 Å². The number of piperidine rings is 1. The van der Waals surface area contributed by atoms with E-state index in [0.717, 1.165) is 48.5 Å². The minimum atomic E-state index is -0.488. The molecular weight excluding hydrogens is 459 g/mol. The number of likely N-dealkylation sites (tertiary alicyclic amines) is 1. The minimum Gasteiger partial charge on any atom is -0.444 e. The molecule has 0 spiro atoms. The van der Waals surface area contributed by atoms with E-state index in [2.05, 4.69) is 16.0 Å². The smallest absolute Gasteiger partial charge is 0.410 e. The molecule has 1 N–H and O–H groups in total. The first-order valence-corrected chi connectivity index (χ1v) is 12.1. The van der Waals surface area contributed by atoms with Crippen LogP contribution in [0, 0.1) is 5.92 Å². The van der Waals surface area contributed by atoms with Gasteiger partial charge in [-0.05, 0) is 69.4 Å². The fraction of sp³-hybridized carbons (Fsp3) is 0.440. The summed E-state index contributed by atoms with van der Waals surface area (Å²) in [7, 11) is 0. The maximum Gasteiger partial charge on any atom is 0.410 e. The number of hydrogen-bond donors (Lipinski definition) is 1. The van der Waals surface area contributed by atoms with Gasteiger partial charge in [-0.3, -0.25) is 0 Å². The average molecular weight is 489 g/mol. The van der Waals surface area contributed by atoms with Crippen LogP contribution in [-0.2, 0) is 11.3 Å². The van der Waals surface area contributed by atoms with Crippen molar-refractivity contribution in [2.45, 2.75) is 45.8 Å². The van der Waals surface area contributed by atoms with Crippen molar-refractivity contribution < 1.29 is 9.53 Å². The van der Waals surface area contributed by atoms with Crippen LogP contribution >= 0.6 is 23.2 Å². The molecule has 0 bridgehead atoms. The molecule has 1 amide bonds. The number of rotatable bonds is 5. The Balaban J connectivity index is 1.49. The lowest BCUT2D eigenvalue weighted by atomic mass is 9.98. The largest absolute Gasteiger partial charge is 0.444 e. The lowest BCUT2D eigenvalue weighted by molar-refractivity contribution is 0.0172. The number of nitrogens with one attached hydrogen (secondary N) is 1. The summed E-state index contributed by atoms with van der Waals surface area (Å²) in [5.41, 5.74) is 2.53. The molecule has 1 aliphatic heterocycles. The number of hydrogen-bond acceptors (Lipinski definition) is 4. The Labute approximate surface area is 204 Å². The van der Waals surface area contributed by atoms with Gasteiger partial charge in [-0.1, -0.05) is 41.4 Å². The Hall–Kier alpha value is -2.44. The molecule has 1 atom stereocenters. The van der Waals surface area contributed by atoms with Crippen molar-refractivity contribution in [3.8, 4) is 0 Å². The lowest BCUT2D eigenvalue weighted by Gasteiger charge is -2.34. The summed E-state index contributed by atoms with van der Waals surface area (Å²) in [6, 6.07) is 13.8. The van der Waals surface area contributed by atoms with Crippen molar-refractivity contribution in [1.29, 1.82) is 0 Å². The number of carbonyl (C=O) groups excluding carboxylic acids is 1. The van der Waals surface area contributed by atoms with Crippen molar-refractivity contribution in [2.75, 3.05) is 25.0 Å². The monoisotopic (exact) mass is 488 g/mol. The van der Waals surface area contributed by atoms with Crippen LogP contribution < -0.4 is 5.32 Å². The van der Waals surface area contributed by atoms with Crippen molar-refractivity contribution in [3.05, 3.63) is 58.1 Å². The second-order valence-electron chi connectivity index (χ2n) is 9.57. The molecule has 1 fully saturated rings. The summed E-state index contributed by atoms with van der Waals surface area (Å²) in [5.74, 6) is 1.13. The quantitative estimate of drug-likeness (QED) is 0.448. The normalized spacial score (nSPS) is 16.8. The molecule has 2 aromatic carbocycles. The molecule has 33 heavy (non-hydrogen) atoms. The van der Waals surface area contributed by atoms with E-state index in [1.807, 2.05) is 62.1 Å². The maximum atomic E-state index is 12.5. The third-order valence-electron chi connectivity index (χ3n) is 5.70. The molecule has 1 saturated heterocycles. The highest BCUT2D eigenvalue weighted by atomic mass is 35.5. The van der Waals surface area contributed by atoms with E-state index < -0.39 is 5.60 Å². The number of nitrogens with zero attached hydrogens (tertiary/aromatic N) is 3. The summed E-state index contributed by atoms with van der Waals surface area (Å²) in [6.45, 7) is 8.44. The van der Waals surface area contributed by atoms with E-state index in [1.54, 1.807) is 0 Å². The van der Waals surface area contributed by atoms with Crippen molar-refractivity contribution in [1.82, 2.24) is 14.5 Å². The number of imidazole rings is 1. The molecule has 0 radical (unpaired) electrons. The predicted molar refractivity (Wildman–Crippen MR) is 134 cm³/mol. The highest BCUT2D eigenvalue weighted by molar-refractivity contribution is 6.42. The predicted octanol–water partition coefficient (Wildman–Crippen LogP) is 6.45. The summed E-state index contributed by atoms with van der Waals surface area (Å²) in [4.78, 5) is 19.1. The van der Waals surface area contributed by atoms with E-state index in [1.165, 1.54) is 0 Å². The van der Waals surface area contributed by atoms with E-state index in [4.69, 9.17) is 32.9 Å². The fourth-order valence-electron chi connectivity index (χ4n) is 4.15. The Morgan fingerprint density at radius 3 is 2.73 bits per heavy atom. The lowest BCUT2D eigenvalue weighted by Crippen LogP contribution is -2.44. The Kier molecular flexibility index (Phi) is 7.05. The van der Waals surface area contributed by atoms with Crippen LogP contribution in [0.4, 0.5) is 10.7 Å². The second-order valence-corrected chi connectivity index (χ2v) is 10.4. The number of fused-ring (bicyclic) bond motifs is 1. The van der Waals surface area contributed by atoms with Gasteiger partial charge in [0.05, 0.1) is 27.6 Å². The third kappa shape index (κ3) is 5.92. The summed E-state index contributed by atoms with van der Waals surface area (Å²) >= 11 is 12.3. The number of para-hydroxylation sites is 2. The molecule has 2 heterocycles. The molecule has 8 heteroatoms. The van der Waals surface area contributed by atoms with Crippen LogP contribution in [0.25, 0.3) is 11.0 Å². The molecule has 176 valence electrons. The van der Waals surface area contributed by atoms with E-state index in [0.29, 0.717) is 29.1 Å². The molecular formula is C25H30Cl2N4O2. The Morgan fingerprint density at radius 2 is 1.97 bits per heavy atom. The molecule has 1 aromatic heterocycles. The Bertz CT molecular complexity index is 1140. The van der Waals surface area contributed by atoms with Crippen molar-refractivity contribution in [3.63, 3.8) is 0 Å². The van der Waals surface area contributed by atoms with Gasteiger partial charge in [-0.2, -0.15) is 0 Å². The van der Waals surface area contributed by atoms with Crippen LogP contribution in [0.2, 0.25) is 10.0 Å².